The molecule has 0 unspecified atom stereocenters. The van der Waals surface area contributed by atoms with Gasteiger partial charge >= 0.3 is 0 Å². The summed E-state index contributed by atoms with van der Waals surface area (Å²) in [7, 11) is 0. The number of thiocarbonyl (C=S) groups is 1. The molecule has 0 bridgehead atoms. The Morgan fingerprint density at radius 2 is 1.44 bits per heavy atom. The molecule has 0 spiro atoms. The van der Waals surface area contributed by atoms with E-state index in [2.05, 4.69) is 5.32 Å². The first kappa shape index (κ1) is 23.9. The van der Waals surface area contributed by atoms with Gasteiger partial charge in [0.25, 0.3) is 5.91 Å². The monoisotopic (exact) mass is 491 g/mol. The maximum atomic E-state index is 13.4. The van der Waals surface area contributed by atoms with Crippen LogP contribution in [0.15, 0.2) is 84.9 Å². The van der Waals surface area contributed by atoms with Crippen LogP contribution in [0, 0.1) is 0 Å². The van der Waals surface area contributed by atoms with Crippen molar-refractivity contribution in [2.45, 2.75) is 25.3 Å². The Morgan fingerprint density at radius 1 is 0.853 bits per heavy atom. The summed E-state index contributed by atoms with van der Waals surface area (Å²) in [4.78, 5) is 29.7. The third-order valence-electron chi connectivity index (χ3n) is 5.86. The van der Waals surface area contributed by atoms with Gasteiger partial charge in [-0.05, 0) is 60.5 Å². The fourth-order valence-corrected chi connectivity index (χ4v) is 4.57. The third-order valence-corrected chi connectivity index (χ3v) is 6.57. The van der Waals surface area contributed by atoms with Crippen LogP contribution in [-0.2, 0) is 22.4 Å². The maximum Gasteiger partial charge on any atom is 0.252 e. The van der Waals surface area contributed by atoms with Gasteiger partial charge in [-0.25, -0.2) is 0 Å². The van der Waals surface area contributed by atoms with Crippen LogP contribution >= 0.6 is 23.8 Å². The van der Waals surface area contributed by atoms with Gasteiger partial charge in [0.1, 0.15) is 6.04 Å². The van der Waals surface area contributed by atoms with Crippen molar-refractivity contribution < 1.29 is 9.59 Å². The van der Waals surface area contributed by atoms with Crippen molar-refractivity contribution in [1.82, 2.24) is 9.80 Å². The summed E-state index contributed by atoms with van der Waals surface area (Å²) < 4.78 is 0. The minimum absolute atomic E-state index is 0.0380. The van der Waals surface area contributed by atoms with Crippen LogP contribution in [0.2, 0.25) is 5.02 Å². The van der Waals surface area contributed by atoms with Crippen LogP contribution < -0.4 is 5.32 Å². The first-order chi connectivity index (χ1) is 16.5. The van der Waals surface area contributed by atoms with Crippen LogP contribution in [0.4, 0.5) is 5.69 Å². The van der Waals surface area contributed by atoms with E-state index in [1.54, 1.807) is 4.90 Å². The molecule has 1 aliphatic heterocycles. The molecule has 1 atom stereocenters. The number of carbonyl (C=O) groups excluding carboxylic acids is 2. The van der Waals surface area contributed by atoms with E-state index in [0.717, 1.165) is 11.1 Å². The van der Waals surface area contributed by atoms with E-state index in [4.69, 9.17) is 23.8 Å². The van der Waals surface area contributed by atoms with Gasteiger partial charge in [-0.2, -0.15) is 0 Å². The Labute approximate surface area is 210 Å². The SMILES string of the molecule is O=C(C[C@@H]1C(=O)N(CCc2ccccc2)C(=S)N1CCc1ccc(Cl)cc1)Nc1ccccc1. The number of amides is 2. The van der Waals surface area contributed by atoms with Crippen LogP contribution in [-0.4, -0.2) is 45.9 Å². The highest BCUT2D eigenvalue weighted by molar-refractivity contribution is 7.80. The van der Waals surface area contributed by atoms with Crippen LogP contribution in [0.25, 0.3) is 0 Å². The predicted octanol–water partition coefficient (Wildman–Crippen LogP) is 4.95. The summed E-state index contributed by atoms with van der Waals surface area (Å²) in [6.45, 7) is 1.02. The van der Waals surface area contributed by atoms with Crippen molar-refractivity contribution in [2.24, 2.45) is 0 Å². The lowest BCUT2D eigenvalue weighted by molar-refractivity contribution is -0.130. The third kappa shape index (κ3) is 6.01. The number of benzene rings is 3. The quantitative estimate of drug-likeness (QED) is 0.430. The second-order valence-electron chi connectivity index (χ2n) is 8.21. The molecule has 4 rings (SSSR count). The zero-order chi connectivity index (χ0) is 23.9. The Morgan fingerprint density at radius 3 is 2.12 bits per heavy atom. The number of hydrogen-bond acceptors (Lipinski definition) is 3. The lowest BCUT2D eigenvalue weighted by Crippen LogP contribution is -2.39. The van der Waals surface area contributed by atoms with Crippen LogP contribution in [0.1, 0.15) is 17.5 Å². The lowest BCUT2D eigenvalue weighted by atomic mass is 10.1. The van der Waals surface area contributed by atoms with E-state index in [-0.39, 0.29) is 18.2 Å². The second-order valence-corrected chi connectivity index (χ2v) is 9.01. The van der Waals surface area contributed by atoms with Crippen molar-refractivity contribution in [2.75, 3.05) is 18.4 Å². The molecule has 3 aromatic carbocycles. The number of anilines is 1. The van der Waals surface area contributed by atoms with E-state index in [0.29, 0.717) is 41.8 Å². The number of para-hydroxylation sites is 1. The van der Waals surface area contributed by atoms with E-state index in [9.17, 15) is 9.59 Å². The molecule has 0 aliphatic carbocycles. The minimum Gasteiger partial charge on any atom is -0.336 e. The molecule has 7 heteroatoms. The van der Waals surface area contributed by atoms with Gasteiger partial charge in [0.15, 0.2) is 5.11 Å². The largest absolute Gasteiger partial charge is 0.336 e. The van der Waals surface area contributed by atoms with E-state index >= 15 is 0 Å². The van der Waals surface area contributed by atoms with E-state index in [1.165, 1.54) is 0 Å². The fraction of sp³-hybridized carbons (Fsp3) is 0.222. The molecule has 34 heavy (non-hydrogen) atoms. The summed E-state index contributed by atoms with van der Waals surface area (Å²) >= 11 is 11.7. The van der Waals surface area contributed by atoms with Gasteiger partial charge < -0.3 is 10.2 Å². The maximum absolute atomic E-state index is 13.4. The second kappa shape index (κ2) is 11.3. The smallest absolute Gasteiger partial charge is 0.252 e. The molecule has 3 aromatic rings. The summed E-state index contributed by atoms with van der Waals surface area (Å²) in [5.41, 5.74) is 2.93. The minimum atomic E-state index is -0.626. The summed E-state index contributed by atoms with van der Waals surface area (Å²) in [6, 6.07) is 26.2. The van der Waals surface area contributed by atoms with Crippen molar-refractivity contribution in [3.63, 3.8) is 0 Å². The molecule has 1 aliphatic rings. The molecule has 0 radical (unpaired) electrons. The molecule has 1 heterocycles. The molecule has 1 fully saturated rings. The van der Waals surface area contributed by atoms with Gasteiger partial charge in [-0.1, -0.05) is 72.3 Å². The van der Waals surface area contributed by atoms with Crippen LogP contribution in [0.5, 0.6) is 0 Å². The molecule has 1 saturated heterocycles. The predicted molar refractivity (Wildman–Crippen MR) is 140 cm³/mol. The number of nitrogens with one attached hydrogen (secondary N) is 1. The number of hydrogen-bond donors (Lipinski definition) is 1. The number of halogens is 1. The summed E-state index contributed by atoms with van der Waals surface area (Å²) in [5.74, 6) is -0.339. The highest BCUT2D eigenvalue weighted by atomic mass is 35.5. The molecule has 1 N–H and O–H groups in total. The number of carbonyl (C=O) groups is 2. The van der Waals surface area contributed by atoms with Gasteiger partial charge in [-0.3, -0.25) is 14.5 Å². The first-order valence-corrected chi connectivity index (χ1v) is 12.0. The summed E-state index contributed by atoms with van der Waals surface area (Å²) in [6.07, 6.45) is 1.42. The van der Waals surface area contributed by atoms with Gasteiger partial charge in [0.2, 0.25) is 5.91 Å². The average molecular weight is 492 g/mol. The Bertz CT molecular complexity index is 1140. The molecule has 174 valence electrons. The van der Waals surface area contributed by atoms with E-state index in [1.807, 2.05) is 89.8 Å². The van der Waals surface area contributed by atoms with E-state index < -0.39 is 6.04 Å². The standard InChI is InChI=1S/C27H26ClN3O2S/c28-22-13-11-21(12-14-22)15-17-30-24(19-25(32)29-23-9-5-2-6-10-23)26(33)31(27(30)34)18-16-20-7-3-1-4-8-20/h1-14,24H,15-19H2,(H,29,32)/t24-/m1/s1. The fourth-order valence-electron chi connectivity index (χ4n) is 4.05. The number of nitrogens with zero attached hydrogens (tertiary/aromatic N) is 2. The summed E-state index contributed by atoms with van der Waals surface area (Å²) in [5, 5.41) is 4.04. The van der Waals surface area contributed by atoms with Crippen LogP contribution in [0.3, 0.4) is 0 Å². The van der Waals surface area contributed by atoms with Gasteiger partial charge in [-0.15, -0.1) is 0 Å². The molecule has 0 aromatic heterocycles. The topological polar surface area (TPSA) is 52.7 Å². The molecule has 0 saturated carbocycles. The lowest BCUT2D eigenvalue weighted by Gasteiger charge is -2.24. The number of rotatable bonds is 9. The zero-order valence-corrected chi connectivity index (χ0v) is 20.3. The Balaban J connectivity index is 1.47. The van der Waals surface area contributed by atoms with Gasteiger partial charge in [0, 0.05) is 23.8 Å². The molecule has 2 amide bonds. The van der Waals surface area contributed by atoms with Crippen molar-refractivity contribution in [3.8, 4) is 0 Å². The highest BCUT2D eigenvalue weighted by Crippen LogP contribution is 2.23. The normalized spacial score (nSPS) is 15.6. The van der Waals surface area contributed by atoms with Gasteiger partial charge in [0.05, 0.1) is 6.42 Å². The van der Waals surface area contributed by atoms with Crippen molar-refractivity contribution in [3.05, 3.63) is 101 Å². The molecular formula is C27H26ClN3O2S. The Kier molecular flexibility index (Phi) is 7.93. The zero-order valence-electron chi connectivity index (χ0n) is 18.7. The Hall–Kier alpha value is -3.22. The highest BCUT2D eigenvalue weighted by Gasteiger charge is 2.42. The van der Waals surface area contributed by atoms with Crippen molar-refractivity contribution >= 4 is 46.4 Å². The first-order valence-electron chi connectivity index (χ1n) is 11.3. The van der Waals surface area contributed by atoms with Crippen molar-refractivity contribution in [1.29, 1.82) is 0 Å². The molecular weight excluding hydrogens is 466 g/mol. The molecule has 5 nitrogen and oxygen atoms in total. The average Bonchev–Trinajstić information content (AvgIpc) is 3.07.